The highest BCUT2D eigenvalue weighted by Crippen LogP contribution is 2.06. The Morgan fingerprint density at radius 3 is 2.84 bits per heavy atom. The van der Waals surface area contributed by atoms with E-state index >= 15 is 0 Å². The average molecular weight is 260 g/mol. The highest BCUT2D eigenvalue weighted by atomic mass is 19.1. The van der Waals surface area contributed by atoms with Crippen LogP contribution in [0.25, 0.3) is 0 Å². The van der Waals surface area contributed by atoms with Crippen LogP contribution >= 0.6 is 0 Å². The molecule has 0 aliphatic rings. The molecular weight excluding hydrogens is 239 g/mol. The van der Waals surface area contributed by atoms with E-state index in [1.165, 1.54) is 11.6 Å². The van der Waals surface area contributed by atoms with Crippen LogP contribution in [0.4, 0.5) is 4.39 Å². The van der Waals surface area contributed by atoms with Crippen LogP contribution in [0, 0.1) is 5.82 Å². The summed E-state index contributed by atoms with van der Waals surface area (Å²) >= 11 is 0. The molecule has 3 heteroatoms. The summed E-state index contributed by atoms with van der Waals surface area (Å²) in [5.41, 5.74) is 2.06. The summed E-state index contributed by atoms with van der Waals surface area (Å²) in [7, 11) is 0. The van der Waals surface area contributed by atoms with Crippen molar-refractivity contribution in [2.45, 2.75) is 32.9 Å². The van der Waals surface area contributed by atoms with Crippen LogP contribution in [0.1, 0.15) is 24.5 Å². The molecule has 102 valence electrons. The summed E-state index contributed by atoms with van der Waals surface area (Å²) in [5.74, 6) is -0.113. The zero-order valence-electron chi connectivity index (χ0n) is 11.4. The molecule has 0 radical (unpaired) electrons. The first-order valence-electron chi connectivity index (χ1n) is 6.88. The van der Waals surface area contributed by atoms with Gasteiger partial charge in [0.05, 0.1) is 0 Å². The molecule has 19 heavy (non-hydrogen) atoms. The van der Waals surface area contributed by atoms with Gasteiger partial charge in [-0.05, 0) is 42.6 Å². The molecule has 1 N–H and O–H groups in total. The molecule has 2 nitrogen and oxygen atoms in total. The summed E-state index contributed by atoms with van der Waals surface area (Å²) < 4.78 is 15.6. The fraction of sp³-hybridized carbons (Fsp3) is 0.375. The van der Waals surface area contributed by atoms with Crippen molar-refractivity contribution in [2.24, 2.45) is 0 Å². The van der Waals surface area contributed by atoms with Gasteiger partial charge in [-0.3, -0.25) is 0 Å². The third kappa shape index (κ3) is 4.21. The van der Waals surface area contributed by atoms with Crippen molar-refractivity contribution in [1.29, 1.82) is 0 Å². The quantitative estimate of drug-likeness (QED) is 0.755. The van der Waals surface area contributed by atoms with Crippen molar-refractivity contribution in [3.05, 3.63) is 59.7 Å². The topological polar surface area (TPSA) is 17.0 Å². The number of rotatable bonds is 7. The lowest BCUT2D eigenvalue weighted by Gasteiger charge is -2.05. The van der Waals surface area contributed by atoms with Gasteiger partial charge >= 0.3 is 0 Å². The van der Waals surface area contributed by atoms with Crippen molar-refractivity contribution in [2.75, 3.05) is 6.54 Å². The average Bonchev–Trinajstić information content (AvgIpc) is 2.85. The molecule has 1 aromatic carbocycles. The molecule has 0 fully saturated rings. The lowest BCUT2D eigenvalue weighted by molar-refractivity contribution is 0.597. The summed E-state index contributed by atoms with van der Waals surface area (Å²) in [5, 5.41) is 3.35. The molecule has 0 saturated carbocycles. The van der Waals surface area contributed by atoms with Crippen LogP contribution in [-0.2, 0) is 19.5 Å². The van der Waals surface area contributed by atoms with Crippen molar-refractivity contribution < 1.29 is 4.39 Å². The Morgan fingerprint density at radius 2 is 2.05 bits per heavy atom. The third-order valence-electron chi connectivity index (χ3n) is 3.15. The van der Waals surface area contributed by atoms with Gasteiger partial charge in [-0.25, -0.2) is 4.39 Å². The van der Waals surface area contributed by atoms with Gasteiger partial charge in [0.2, 0.25) is 0 Å². The number of aryl methyl sites for hydroxylation is 1. The predicted molar refractivity (Wildman–Crippen MR) is 76.5 cm³/mol. The summed E-state index contributed by atoms with van der Waals surface area (Å²) in [4.78, 5) is 0. The Hall–Kier alpha value is -1.61. The van der Waals surface area contributed by atoms with E-state index in [1.54, 1.807) is 6.07 Å². The molecule has 0 aliphatic heterocycles. The van der Waals surface area contributed by atoms with E-state index in [-0.39, 0.29) is 5.82 Å². The zero-order chi connectivity index (χ0) is 13.5. The van der Waals surface area contributed by atoms with E-state index < -0.39 is 0 Å². The molecule has 2 rings (SSSR count). The van der Waals surface area contributed by atoms with E-state index in [9.17, 15) is 4.39 Å². The molecule has 0 unspecified atom stereocenters. The summed E-state index contributed by atoms with van der Waals surface area (Å²) in [6.07, 6.45) is 6.15. The number of benzene rings is 1. The highest BCUT2D eigenvalue weighted by molar-refractivity contribution is 5.17. The van der Waals surface area contributed by atoms with Gasteiger partial charge in [-0.2, -0.15) is 0 Å². The minimum Gasteiger partial charge on any atom is -0.354 e. The van der Waals surface area contributed by atoms with E-state index in [0.29, 0.717) is 0 Å². The minimum atomic E-state index is -0.113. The van der Waals surface area contributed by atoms with Crippen molar-refractivity contribution >= 4 is 0 Å². The third-order valence-corrected chi connectivity index (χ3v) is 3.15. The largest absolute Gasteiger partial charge is 0.354 e. The van der Waals surface area contributed by atoms with Crippen molar-refractivity contribution in [3.8, 4) is 0 Å². The number of hydrogen-bond donors (Lipinski definition) is 1. The Kier molecular flexibility index (Phi) is 5.16. The van der Waals surface area contributed by atoms with Gasteiger partial charge in [0.25, 0.3) is 0 Å². The van der Waals surface area contributed by atoms with Gasteiger partial charge in [0.15, 0.2) is 0 Å². The minimum absolute atomic E-state index is 0.113. The Balaban J connectivity index is 1.73. The molecule has 1 heterocycles. The lowest BCUT2D eigenvalue weighted by Crippen LogP contribution is -2.16. The van der Waals surface area contributed by atoms with Gasteiger partial charge in [0, 0.05) is 25.5 Å². The molecule has 1 aromatic heterocycles. The predicted octanol–water partition coefficient (Wildman–Crippen LogP) is 3.37. The molecule has 0 amide bonds. The maximum atomic E-state index is 13.4. The lowest BCUT2D eigenvalue weighted by atomic mass is 10.1. The number of hydrogen-bond acceptors (Lipinski definition) is 1. The fourth-order valence-electron chi connectivity index (χ4n) is 2.15. The first-order chi connectivity index (χ1) is 9.29. The van der Waals surface area contributed by atoms with E-state index in [0.717, 1.165) is 38.0 Å². The van der Waals surface area contributed by atoms with Gasteiger partial charge in [-0.15, -0.1) is 0 Å². The van der Waals surface area contributed by atoms with Crippen LogP contribution in [0.3, 0.4) is 0 Å². The molecule has 0 atom stereocenters. The number of nitrogens with zero attached hydrogens (tertiary/aromatic N) is 1. The van der Waals surface area contributed by atoms with Crippen LogP contribution < -0.4 is 5.32 Å². The van der Waals surface area contributed by atoms with Gasteiger partial charge in [-0.1, -0.05) is 25.1 Å². The molecule has 0 aliphatic carbocycles. The number of nitrogens with one attached hydrogen (secondary N) is 1. The number of aromatic nitrogens is 1. The first-order valence-corrected chi connectivity index (χ1v) is 6.88. The van der Waals surface area contributed by atoms with E-state index in [1.807, 2.05) is 12.1 Å². The van der Waals surface area contributed by atoms with Crippen molar-refractivity contribution in [3.63, 3.8) is 0 Å². The monoisotopic (exact) mass is 260 g/mol. The Morgan fingerprint density at radius 1 is 1.21 bits per heavy atom. The van der Waals surface area contributed by atoms with E-state index in [2.05, 4.69) is 35.3 Å². The van der Waals surface area contributed by atoms with Gasteiger partial charge < -0.3 is 9.88 Å². The van der Waals surface area contributed by atoms with Gasteiger partial charge in [0.1, 0.15) is 5.82 Å². The fourth-order valence-corrected chi connectivity index (χ4v) is 2.15. The smallest absolute Gasteiger partial charge is 0.126 e. The second-order valence-corrected chi connectivity index (χ2v) is 4.78. The normalized spacial score (nSPS) is 10.8. The second kappa shape index (κ2) is 7.10. The molecule has 0 bridgehead atoms. The SMILES string of the molecule is CCCn1ccc(CNCCc2ccccc2F)c1. The van der Waals surface area contributed by atoms with E-state index in [4.69, 9.17) is 0 Å². The highest BCUT2D eigenvalue weighted by Gasteiger charge is 2.00. The summed E-state index contributed by atoms with van der Waals surface area (Å²) in [6, 6.07) is 9.09. The Bertz CT molecular complexity index is 505. The molecule has 0 saturated heterocycles. The van der Waals surface area contributed by atoms with Crippen LogP contribution in [0.2, 0.25) is 0 Å². The maximum Gasteiger partial charge on any atom is 0.126 e. The van der Waals surface area contributed by atoms with Crippen LogP contribution in [-0.4, -0.2) is 11.1 Å². The molecule has 2 aromatic rings. The standard InChI is InChI=1S/C16H21FN2/c1-2-10-19-11-8-14(13-19)12-18-9-7-15-5-3-4-6-16(15)17/h3-6,8,11,13,18H,2,7,9-10,12H2,1H3. The first kappa shape index (κ1) is 13.8. The van der Waals surface area contributed by atoms with Crippen LogP contribution in [0.15, 0.2) is 42.7 Å². The van der Waals surface area contributed by atoms with Crippen molar-refractivity contribution in [1.82, 2.24) is 9.88 Å². The summed E-state index contributed by atoms with van der Waals surface area (Å²) in [6.45, 7) is 4.87. The molecular formula is C16H21FN2. The second-order valence-electron chi connectivity index (χ2n) is 4.78. The maximum absolute atomic E-state index is 13.4. The molecule has 0 spiro atoms. The Labute approximate surface area is 114 Å². The number of halogens is 1. The van der Waals surface area contributed by atoms with Crippen LogP contribution in [0.5, 0.6) is 0 Å². The zero-order valence-corrected chi connectivity index (χ0v) is 11.4.